The highest BCUT2D eigenvalue weighted by molar-refractivity contribution is 5.99. The van der Waals surface area contributed by atoms with Gasteiger partial charge in [0.2, 0.25) is 5.91 Å². The number of nitrogens with zero attached hydrogens (tertiary/aromatic N) is 1. The summed E-state index contributed by atoms with van der Waals surface area (Å²) in [6, 6.07) is 6.48. The van der Waals surface area contributed by atoms with Crippen molar-refractivity contribution in [2.24, 2.45) is 5.73 Å². The SMILES string of the molecule is CCN(CC)C(=O)c1cccc(C(N)=O)c1. The first-order chi connectivity index (χ1) is 7.60. The van der Waals surface area contributed by atoms with Gasteiger partial charge in [0, 0.05) is 24.2 Å². The standard InChI is InChI=1S/C12H16N2O2/c1-3-14(4-2)12(16)10-7-5-6-9(8-10)11(13)15/h5-8H,3-4H2,1-2H3,(H2,13,15). The van der Waals surface area contributed by atoms with Crippen molar-refractivity contribution < 1.29 is 9.59 Å². The van der Waals surface area contributed by atoms with Crippen molar-refractivity contribution in [1.29, 1.82) is 0 Å². The zero-order valence-electron chi connectivity index (χ0n) is 9.56. The van der Waals surface area contributed by atoms with Crippen LogP contribution in [0.5, 0.6) is 0 Å². The molecule has 4 heteroatoms. The van der Waals surface area contributed by atoms with Gasteiger partial charge in [0.25, 0.3) is 5.91 Å². The summed E-state index contributed by atoms with van der Waals surface area (Å²) in [6.45, 7) is 5.13. The Balaban J connectivity index is 3.00. The molecule has 1 aromatic rings. The predicted octanol–water partition coefficient (Wildman–Crippen LogP) is 1.27. The summed E-state index contributed by atoms with van der Waals surface area (Å²) in [5.41, 5.74) is 6.02. The molecule has 0 aliphatic heterocycles. The molecule has 1 aromatic carbocycles. The van der Waals surface area contributed by atoms with Crippen molar-refractivity contribution in [3.05, 3.63) is 35.4 Å². The minimum atomic E-state index is -0.519. The molecular weight excluding hydrogens is 204 g/mol. The molecule has 2 N–H and O–H groups in total. The van der Waals surface area contributed by atoms with Crippen LogP contribution in [0.25, 0.3) is 0 Å². The van der Waals surface area contributed by atoms with E-state index in [1.54, 1.807) is 23.1 Å². The van der Waals surface area contributed by atoms with E-state index in [0.717, 1.165) is 0 Å². The molecule has 0 heterocycles. The van der Waals surface area contributed by atoms with Crippen LogP contribution in [0.2, 0.25) is 0 Å². The summed E-state index contributed by atoms with van der Waals surface area (Å²) in [4.78, 5) is 24.6. The lowest BCUT2D eigenvalue weighted by atomic mass is 10.1. The van der Waals surface area contributed by atoms with Gasteiger partial charge in [-0.2, -0.15) is 0 Å². The highest BCUT2D eigenvalue weighted by Gasteiger charge is 2.13. The lowest BCUT2D eigenvalue weighted by molar-refractivity contribution is 0.0773. The molecule has 0 aliphatic carbocycles. The van der Waals surface area contributed by atoms with Crippen molar-refractivity contribution in [2.45, 2.75) is 13.8 Å². The van der Waals surface area contributed by atoms with Gasteiger partial charge in [-0.05, 0) is 32.0 Å². The van der Waals surface area contributed by atoms with Gasteiger partial charge >= 0.3 is 0 Å². The van der Waals surface area contributed by atoms with Crippen molar-refractivity contribution in [2.75, 3.05) is 13.1 Å². The average molecular weight is 220 g/mol. The molecule has 0 unspecified atom stereocenters. The topological polar surface area (TPSA) is 63.4 Å². The van der Waals surface area contributed by atoms with Crippen molar-refractivity contribution >= 4 is 11.8 Å². The summed E-state index contributed by atoms with van der Waals surface area (Å²) < 4.78 is 0. The third-order valence-corrected chi connectivity index (χ3v) is 2.44. The van der Waals surface area contributed by atoms with Gasteiger partial charge in [-0.25, -0.2) is 0 Å². The fourth-order valence-corrected chi connectivity index (χ4v) is 1.50. The van der Waals surface area contributed by atoms with E-state index in [9.17, 15) is 9.59 Å². The second-order valence-corrected chi connectivity index (χ2v) is 3.42. The van der Waals surface area contributed by atoms with Crippen LogP contribution in [-0.2, 0) is 0 Å². The molecule has 0 radical (unpaired) electrons. The molecule has 0 saturated carbocycles. The lowest BCUT2D eigenvalue weighted by Crippen LogP contribution is -2.30. The Bertz CT molecular complexity index is 398. The van der Waals surface area contributed by atoms with Crippen molar-refractivity contribution in [3.8, 4) is 0 Å². The molecule has 0 saturated heterocycles. The molecule has 0 bridgehead atoms. The molecule has 1 rings (SSSR count). The lowest BCUT2D eigenvalue weighted by Gasteiger charge is -2.18. The van der Waals surface area contributed by atoms with E-state index in [-0.39, 0.29) is 5.91 Å². The smallest absolute Gasteiger partial charge is 0.253 e. The Labute approximate surface area is 95.0 Å². The summed E-state index contributed by atoms with van der Waals surface area (Å²) in [6.07, 6.45) is 0. The van der Waals surface area contributed by atoms with E-state index >= 15 is 0 Å². The van der Waals surface area contributed by atoms with E-state index in [1.807, 2.05) is 13.8 Å². The second kappa shape index (κ2) is 5.30. The fraction of sp³-hybridized carbons (Fsp3) is 0.333. The average Bonchev–Trinajstić information content (AvgIpc) is 2.30. The number of benzene rings is 1. The molecule has 0 fully saturated rings. The van der Waals surface area contributed by atoms with Crippen LogP contribution in [0, 0.1) is 0 Å². The number of rotatable bonds is 4. The van der Waals surface area contributed by atoms with Crippen LogP contribution >= 0.6 is 0 Å². The number of hydrogen-bond donors (Lipinski definition) is 1. The third-order valence-electron chi connectivity index (χ3n) is 2.44. The van der Waals surface area contributed by atoms with Crippen LogP contribution in [-0.4, -0.2) is 29.8 Å². The van der Waals surface area contributed by atoms with Gasteiger partial charge in [0.1, 0.15) is 0 Å². The number of nitrogens with two attached hydrogens (primary N) is 1. The number of primary amides is 1. The molecule has 0 atom stereocenters. The highest BCUT2D eigenvalue weighted by atomic mass is 16.2. The monoisotopic (exact) mass is 220 g/mol. The van der Waals surface area contributed by atoms with E-state index in [1.165, 1.54) is 6.07 Å². The third kappa shape index (κ3) is 2.59. The molecule has 0 spiro atoms. The first-order valence-electron chi connectivity index (χ1n) is 5.29. The first-order valence-corrected chi connectivity index (χ1v) is 5.29. The van der Waals surface area contributed by atoms with Crippen LogP contribution in [0.4, 0.5) is 0 Å². The summed E-state index contributed by atoms with van der Waals surface area (Å²) >= 11 is 0. The fourth-order valence-electron chi connectivity index (χ4n) is 1.50. The Morgan fingerprint density at radius 3 is 2.25 bits per heavy atom. The van der Waals surface area contributed by atoms with E-state index < -0.39 is 5.91 Å². The Hall–Kier alpha value is -1.84. The molecule has 2 amide bonds. The minimum absolute atomic E-state index is 0.0758. The Morgan fingerprint density at radius 1 is 1.19 bits per heavy atom. The molecule has 86 valence electrons. The van der Waals surface area contributed by atoms with E-state index in [2.05, 4.69) is 0 Å². The highest BCUT2D eigenvalue weighted by Crippen LogP contribution is 2.08. The van der Waals surface area contributed by atoms with Crippen LogP contribution in [0.15, 0.2) is 24.3 Å². The number of carbonyl (C=O) groups is 2. The van der Waals surface area contributed by atoms with Gasteiger partial charge < -0.3 is 10.6 Å². The van der Waals surface area contributed by atoms with E-state index in [4.69, 9.17) is 5.73 Å². The number of amides is 2. The zero-order valence-corrected chi connectivity index (χ0v) is 9.56. The molecule has 0 aromatic heterocycles. The maximum Gasteiger partial charge on any atom is 0.253 e. The quantitative estimate of drug-likeness (QED) is 0.830. The van der Waals surface area contributed by atoms with Gasteiger partial charge in [-0.3, -0.25) is 9.59 Å². The zero-order chi connectivity index (χ0) is 12.1. The van der Waals surface area contributed by atoms with Crippen LogP contribution in [0.1, 0.15) is 34.6 Å². The van der Waals surface area contributed by atoms with Gasteiger partial charge in [0.15, 0.2) is 0 Å². The molecule has 16 heavy (non-hydrogen) atoms. The second-order valence-electron chi connectivity index (χ2n) is 3.42. The molecular formula is C12H16N2O2. The Kier molecular flexibility index (Phi) is 4.05. The predicted molar refractivity (Wildman–Crippen MR) is 62.2 cm³/mol. The Morgan fingerprint density at radius 2 is 1.75 bits per heavy atom. The van der Waals surface area contributed by atoms with Crippen LogP contribution < -0.4 is 5.73 Å². The minimum Gasteiger partial charge on any atom is -0.366 e. The summed E-state index contributed by atoms with van der Waals surface area (Å²) in [5, 5.41) is 0. The first kappa shape index (κ1) is 12.2. The normalized spacial score (nSPS) is 9.88. The number of hydrogen-bond acceptors (Lipinski definition) is 2. The largest absolute Gasteiger partial charge is 0.366 e. The van der Waals surface area contributed by atoms with Crippen molar-refractivity contribution in [1.82, 2.24) is 4.90 Å². The van der Waals surface area contributed by atoms with E-state index in [0.29, 0.717) is 24.2 Å². The summed E-state index contributed by atoms with van der Waals surface area (Å²) in [7, 11) is 0. The van der Waals surface area contributed by atoms with Crippen LogP contribution in [0.3, 0.4) is 0 Å². The number of carbonyl (C=O) groups excluding carboxylic acids is 2. The summed E-state index contributed by atoms with van der Waals surface area (Å²) in [5.74, 6) is -0.595. The maximum absolute atomic E-state index is 12.0. The van der Waals surface area contributed by atoms with Gasteiger partial charge in [-0.15, -0.1) is 0 Å². The maximum atomic E-state index is 12.0. The molecule has 4 nitrogen and oxygen atoms in total. The van der Waals surface area contributed by atoms with Gasteiger partial charge in [-0.1, -0.05) is 6.07 Å². The van der Waals surface area contributed by atoms with Gasteiger partial charge in [0.05, 0.1) is 0 Å². The van der Waals surface area contributed by atoms with Crippen molar-refractivity contribution in [3.63, 3.8) is 0 Å². The molecule has 0 aliphatic rings.